The fourth-order valence-electron chi connectivity index (χ4n) is 4.03. The van der Waals surface area contributed by atoms with E-state index < -0.39 is 11.3 Å². The first-order valence-corrected chi connectivity index (χ1v) is 9.14. The smallest absolute Gasteiger partial charge is 0.238 e. The maximum absolute atomic E-state index is 13.2. The number of ketones is 1. The molecule has 26 heavy (non-hydrogen) atoms. The van der Waals surface area contributed by atoms with Crippen LogP contribution in [-0.2, 0) is 9.59 Å². The van der Waals surface area contributed by atoms with Gasteiger partial charge in [-0.3, -0.25) is 14.4 Å². The molecule has 1 aliphatic heterocycles. The summed E-state index contributed by atoms with van der Waals surface area (Å²) in [6.45, 7) is 0.961. The van der Waals surface area contributed by atoms with Gasteiger partial charge in [-0.05, 0) is 36.5 Å². The van der Waals surface area contributed by atoms with Crippen molar-refractivity contribution >= 4 is 28.4 Å². The van der Waals surface area contributed by atoms with Gasteiger partial charge in [0.05, 0.1) is 0 Å². The SMILES string of the molecule is NC(=O)C1(C(=O)N2CCC[C@@H](C(=O)c3cccc4ccccc34)C2)CC1. The maximum Gasteiger partial charge on any atom is 0.238 e. The number of piperidine rings is 1. The highest BCUT2D eigenvalue weighted by molar-refractivity contribution is 6.10. The van der Waals surface area contributed by atoms with Crippen LogP contribution in [0.25, 0.3) is 10.8 Å². The molecular formula is C21H22N2O3. The number of Topliss-reactive ketones (excluding diaryl/α,β-unsaturated/α-hetero) is 1. The van der Waals surface area contributed by atoms with Crippen LogP contribution >= 0.6 is 0 Å². The highest BCUT2D eigenvalue weighted by atomic mass is 16.2. The largest absolute Gasteiger partial charge is 0.369 e. The molecule has 0 spiro atoms. The van der Waals surface area contributed by atoms with Crippen molar-refractivity contribution in [3.8, 4) is 0 Å². The molecule has 1 aliphatic carbocycles. The lowest BCUT2D eigenvalue weighted by Gasteiger charge is -2.34. The number of likely N-dealkylation sites (tertiary alicyclic amines) is 1. The number of benzene rings is 2. The van der Waals surface area contributed by atoms with Crippen LogP contribution in [0.2, 0.25) is 0 Å². The summed E-state index contributed by atoms with van der Waals surface area (Å²) in [6.07, 6.45) is 2.58. The van der Waals surface area contributed by atoms with Crippen LogP contribution in [-0.4, -0.2) is 35.6 Å². The fraction of sp³-hybridized carbons (Fsp3) is 0.381. The fourth-order valence-corrected chi connectivity index (χ4v) is 4.03. The molecule has 0 radical (unpaired) electrons. The first kappa shape index (κ1) is 16.8. The topological polar surface area (TPSA) is 80.5 Å². The van der Waals surface area contributed by atoms with E-state index in [4.69, 9.17) is 5.73 Å². The molecule has 5 nitrogen and oxygen atoms in total. The van der Waals surface area contributed by atoms with E-state index in [0.717, 1.165) is 23.6 Å². The van der Waals surface area contributed by atoms with Crippen LogP contribution in [0.4, 0.5) is 0 Å². The molecule has 2 N–H and O–H groups in total. The number of carbonyl (C=O) groups is 3. The number of nitrogens with zero attached hydrogens (tertiary/aromatic N) is 1. The highest BCUT2D eigenvalue weighted by Gasteiger charge is 2.57. The van der Waals surface area contributed by atoms with Crippen LogP contribution in [0.5, 0.6) is 0 Å². The Balaban J connectivity index is 1.57. The summed E-state index contributed by atoms with van der Waals surface area (Å²) in [7, 11) is 0. The van der Waals surface area contributed by atoms with Crippen LogP contribution in [0.3, 0.4) is 0 Å². The summed E-state index contributed by atoms with van der Waals surface area (Å²) < 4.78 is 0. The molecule has 2 aromatic rings. The summed E-state index contributed by atoms with van der Waals surface area (Å²) >= 11 is 0. The quantitative estimate of drug-likeness (QED) is 0.680. The minimum Gasteiger partial charge on any atom is -0.369 e. The second kappa shape index (κ2) is 6.24. The molecule has 1 saturated carbocycles. The molecule has 0 aromatic heterocycles. The second-order valence-electron chi connectivity index (χ2n) is 7.43. The molecule has 134 valence electrons. The molecule has 1 atom stereocenters. The van der Waals surface area contributed by atoms with Crippen molar-refractivity contribution in [1.82, 2.24) is 4.90 Å². The summed E-state index contributed by atoms with van der Waals surface area (Å²) in [5.74, 6) is -0.893. The third kappa shape index (κ3) is 2.68. The predicted octanol–water partition coefficient (Wildman–Crippen LogP) is 2.53. The zero-order valence-electron chi connectivity index (χ0n) is 14.6. The number of amides is 2. The zero-order valence-corrected chi connectivity index (χ0v) is 14.6. The second-order valence-corrected chi connectivity index (χ2v) is 7.43. The average Bonchev–Trinajstić information content (AvgIpc) is 3.48. The third-order valence-corrected chi connectivity index (χ3v) is 5.77. The summed E-state index contributed by atoms with van der Waals surface area (Å²) in [5.41, 5.74) is 5.13. The van der Waals surface area contributed by atoms with Crippen molar-refractivity contribution in [3.05, 3.63) is 48.0 Å². The number of fused-ring (bicyclic) bond motifs is 1. The Kier molecular flexibility index (Phi) is 4.02. The number of nitrogens with two attached hydrogens (primary N) is 1. The monoisotopic (exact) mass is 350 g/mol. The van der Waals surface area contributed by atoms with Gasteiger partial charge >= 0.3 is 0 Å². The molecule has 2 fully saturated rings. The van der Waals surface area contributed by atoms with Gasteiger partial charge in [0.1, 0.15) is 5.41 Å². The highest BCUT2D eigenvalue weighted by Crippen LogP contribution is 2.47. The van der Waals surface area contributed by atoms with E-state index in [2.05, 4.69) is 0 Å². The number of carbonyl (C=O) groups excluding carboxylic acids is 3. The van der Waals surface area contributed by atoms with Crippen LogP contribution in [0.15, 0.2) is 42.5 Å². The summed E-state index contributed by atoms with van der Waals surface area (Å²) in [5, 5.41) is 1.98. The molecule has 1 saturated heterocycles. The van der Waals surface area contributed by atoms with E-state index in [1.54, 1.807) is 4.90 Å². The van der Waals surface area contributed by atoms with E-state index in [-0.39, 0.29) is 17.6 Å². The van der Waals surface area contributed by atoms with E-state index in [1.165, 1.54) is 0 Å². The standard InChI is InChI=1S/C21H22N2O3/c22-19(25)21(10-11-21)20(26)23-12-4-7-15(13-23)18(24)17-9-3-6-14-5-1-2-8-16(14)17/h1-3,5-6,8-9,15H,4,7,10-13H2,(H2,22,25)/t15-/m1/s1. The van der Waals surface area contributed by atoms with E-state index in [1.807, 2.05) is 42.5 Å². The van der Waals surface area contributed by atoms with Gasteiger partial charge in [-0.2, -0.15) is 0 Å². The molecule has 2 aliphatic rings. The Labute approximate surface area is 152 Å². The number of hydrogen-bond donors (Lipinski definition) is 1. The number of hydrogen-bond acceptors (Lipinski definition) is 3. The summed E-state index contributed by atoms with van der Waals surface area (Å²) in [4.78, 5) is 39.2. The number of rotatable bonds is 4. The average molecular weight is 350 g/mol. The zero-order chi connectivity index (χ0) is 18.3. The molecule has 0 bridgehead atoms. The van der Waals surface area contributed by atoms with Crippen LogP contribution in [0, 0.1) is 11.3 Å². The van der Waals surface area contributed by atoms with Crippen molar-refractivity contribution in [2.45, 2.75) is 25.7 Å². The summed E-state index contributed by atoms with van der Waals surface area (Å²) in [6, 6.07) is 13.6. The first-order chi connectivity index (χ1) is 12.5. The molecular weight excluding hydrogens is 328 g/mol. The van der Waals surface area contributed by atoms with Gasteiger partial charge in [0.25, 0.3) is 0 Å². The van der Waals surface area contributed by atoms with Crippen molar-refractivity contribution in [2.75, 3.05) is 13.1 Å². The van der Waals surface area contributed by atoms with Crippen molar-refractivity contribution < 1.29 is 14.4 Å². The minimum absolute atomic E-state index is 0.0724. The van der Waals surface area contributed by atoms with Crippen LogP contribution < -0.4 is 5.73 Å². The molecule has 2 amide bonds. The van der Waals surface area contributed by atoms with Gasteiger partial charge in [0.2, 0.25) is 11.8 Å². The lowest BCUT2D eigenvalue weighted by atomic mass is 9.87. The predicted molar refractivity (Wildman–Crippen MR) is 98.4 cm³/mol. The van der Waals surface area contributed by atoms with E-state index >= 15 is 0 Å². The van der Waals surface area contributed by atoms with Gasteiger partial charge in [0.15, 0.2) is 5.78 Å². The molecule has 1 heterocycles. The Morgan fingerprint density at radius 1 is 1.04 bits per heavy atom. The first-order valence-electron chi connectivity index (χ1n) is 9.14. The van der Waals surface area contributed by atoms with Crippen molar-refractivity contribution in [3.63, 3.8) is 0 Å². The normalized spacial score (nSPS) is 21.4. The van der Waals surface area contributed by atoms with E-state index in [0.29, 0.717) is 31.5 Å². The Morgan fingerprint density at radius 3 is 2.50 bits per heavy atom. The van der Waals surface area contributed by atoms with Gasteiger partial charge in [0, 0.05) is 24.6 Å². The van der Waals surface area contributed by atoms with Crippen molar-refractivity contribution in [2.24, 2.45) is 17.1 Å². The Morgan fingerprint density at radius 2 is 1.77 bits per heavy atom. The third-order valence-electron chi connectivity index (χ3n) is 5.77. The van der Waals surface area contributed by atoms with Gasteiger partial charge < -0.3 is 10.6 Å². The van der Waals surface area contributed by atoms with Crippen LogP contribution in [0.1, 0.15) is 36.0 Å². The molecule has 2 aromatic carbocycles. The lowest BCUT2D eigenvalue weighted by molar-refractivity contribution is -0.144. The van der Waals surface area contributed by atoms with Gasteiger partial charge in [-0.15, -0.1) is 0 Å². The lowest BCUT2D eigenvalue weighted by Crippen LogP contribution is -2.48. The Bertz CT molecular complexity index is 896. The van der Waals surface area contributed by atoms with Gasteiger partial charge in [-0.1, -0.05) is 42.5 Å². The molecule has 4 rings (SSSR count). The Hall–Kier alpha value is -2.69. The molecule has 0 unspecified atom stereocenters. The maximum atomic E-state index is 13.2. The van der Waals surface area contributed by atoms with E-state index in [9.17, 15) is 14.4 Å². The molecule has 5 heteroatoms. The number of primary amides is 1. The van der Waals surface area contributed by atoms with Crippen molar-refractivity contribution in [1.29, 1.82) is 0 Å². The minimum atomic E-state index is -1.01. The van der Waals surface area contributed by atoms with Gasteiger partial charge in [-0.25, -0.2) is 0 Å².